The number of nitrogens with zero attached hydrogens (tertiary/aromatic N) is 2. The van der Waals surface area contributed by atoms with Crippen molar-refractivity contribution in [1.29, 1.82) is 0 Å². The first-order valence-corrected chi connectivity index (χ1v) is 7.88. The molecule has 2 rings (SSSR count). The summed E-state index contributed by atoms with van der Waals surface area (Å²) < 4.78 is 6.37. The van der Waals surface area contributed by atoms with E-state index in [0.29, 0.717) is 30.0 Å². The van der Waals surface area contributed by atoms with Crippen molar-refractivity contribution >= 4 is 33.3 Å². The maximum atomic E-state index is 6.03. The van der Waals surface area contributed by atoms with Crippen LogP contribution in [0.4, 0.5) is 5.82 Å². The first-order valence-electron chi connectivity index (χ1n) is 6.71. The summed E-state index contributed by atoms with van der Waals surface area (Å²) in [4.78, 5) is 8.56. The standard InChI is InChI=1S/C15H17BrClN3O/c1-3-21-9-15-19-13(17)8-14(20-15)18-10(2)11-4-6-12(16)7-5-11/h4-8,10H,3,9H2,1-2H3,(H,18,19,20). The van der Waals surface area contributed by atoms with Crippen molar-refractivity contribution in [2.75, 3.05) is 11.9 Å². The summed E-state index contributed by atoms with van der Waals surface area (Å²) in [5, 5.41) is 3.74. The quantitative estimate of drug-likeness (QED) is 0.755. The Labute approximate surface area is 138 Å². The third-order valence-electron chi connectivity index (χ3n) is 2.91. The molecule has 1 unspecified atom stereocenters. The molecule has 0 fully saturated rings. The summed E-state index contributed by atoms with van der Waals surface area (Å²) in [5.41, 5.74) is 1.17. The highest BCUT2D eigenvalue weighted by molar-refractivity contribution is 9.10. The summed E-state index contributed by atoms with van der Waals surface area (Å²) in [5.74, 6) is 1.27. The van der Waals surface area contributed by atoms with Crippen LogP contribution >= 0.6 is 27.5 Å². The Bertz CT molecular complexity index is 592. The normalized spacial score (nSPS) is 12.2. The molecule has 0 saturated carbocycles. The molecule has 1 N–H and O–H groups in total. The smallest absolute Gasteiger partial charge is 0.158 e. The van der Waals surface area contributed by atoms with Gasteiger partial charge in [-0.25, -0.2) is 9.97 Å². The average Bonchev–Trinajstić information content (AvgIpc) is 2.45. The van der Waals surface area contributed by atoms with E-state index < -0.39 is 0 Å². The van der Waals surface area contributed by atoms with E-state index in [9.17, 15) is 0 Å². The van der Waals surface area contributed by atoms with Crippen LogP contribution in [0.2, 0.25) is 5.15 Å². The third-order valence-corrected chi connectivity index (χ3v) is 3.63. The van der Waals surface area contributed by atoms with Crippen molar-refractivity contribution in [2.45, 2.75) is 26.5 Å². The van der Waals surface area contributed by atoms with Gasteiger partial charge in [0.25, 0.3) is 0 Å². The van der Waals surface area contributed by atoms with E-state index in [1.807, 2.05) is 19.1 Å². The zero-order valence-corrected chi connectivity index (χ0v) is 14.3. The fourth-order valence-corrected chi connectivity index (χ4v) is 2.32. The summed E-state index contributed by atoms with van der Waals surface area (Å²) in [6.45, 7) is 4.98. The van der Waals surface area contributed by atoms with Gasteiger partial charge >= 0.3 is 0 Å². The second-order valence-corrected chi connectivity index (χ2v) is 5.85. The molecule has 0 aliphatic heterocycles. The van der Waals surface area contributed by atoms with Gasteiger partial charge in [-0.15, -0.1) is 0 Å². The molecule has 0 radical (unpaired) electrons. The Balaban J connectivity index is 2.10. The molecule has 4 nitrogen and oxygen atoms in total. The maximum absolute atomic E-state index is 6.03. The van der Waals surface area contributed by atoms with Gasteiger partial charge in [-0.2, -0.15) is 0 Å². The number of hydrogen-bond acceptors (Lipinski definition) is 4. The molecule has 112 valence electrons. The van der Waals surface area contributed by atoms with E-state index in [1.165, 1.54) is 5.56 Å². The number of halogens is 2. The molecule has 0 bridgehead atoms. The van der Waals surface area contributed by atoms with Crippen molar-refractivity contribution in [3.05, 3.63) is 51.3 Å². The number of benzene rings is 1. The number of anilines is 1. The van der Waals surface area contributed by atoms with Crippen LogP contribution < -0.4 is 5.32 Å². The molecule has 1 heterocycles. The van der Waals surface area contributed by atoms with E-state index in [2.05, 4.69) is 50.3 Å². The Morgan fingerprint density at radius 3 is 2.67 bits per heavy atom. The molecule has 2 aromatic rings. The minimum Gasteiger partial charge on any atom is -0.374 e. The van der Waals surface area contributed by atoms with Gasteiger partial charge in [-0.3, -0.25) is 0 Å². The first kappa shape index (κ1) is 16.2. The van der Waals surface area contributed by atoms with Crippen molar-refractivity contribution in [1.82, 2.24) is 9.97 Å². The molecule has 1 aromatic carbocycles. The van der Waals surface area contributed by atoms with E-state index in [0.717, 1.165) is 4.47 Å². The van der Waals surface area contributed by atoms with Gasteiger partial charge in [0.05, 0.1) is 0 Å². The monoisotopic (exact) mass is 369 g/mol. The van der Waals surface area contributed by atoms with E-state index in [4.69, 9.17) is 16.3 Å². The summed E-state index contributed by atoms with van der Waals surface area (Å²) >= 11 is 9.46. The number of ether oxygens (including phenoxy) is 1. The van der Waals surface area contributed by atoms with Crippen LogP contribution in [0.1, 0.15) is 31.3 Å². The zero-order chi connectivity index (χ0) is 15.2. The predicted molar refractivity (Wildman–Crippen MR) is 88.6 cm³/mol. The second kappa shape index (κ2) is 7.73. The molecule has 0 aliphatic carbocycles. The van der Waals surface area contributed by atoms with Gasteiger partial charge in [0.1, 0.15) is 17.6 Å². The van der Waals surface area contributed by atoms with Crippen molar-refractivity contribution in [3.63, 3.8) is 0 Å². The van der Waals surface area contributed by atoms with Gasteiger partial charge in [-0.05, 0) is 31.5 Å². The van der Waals surface area contributed by atoms with Crippen LogP contribution in [0, 0.1) is 0 Å². The first-order chi connectivity index (χ1) is 10.1. The lowest BCUT2D eigenvalue weighted by atomic mass is 10.1. The van der Waals surface area contributed by atoms with E-state index in [-0.39, 0.29) is 6.04 Å². The van der Waals surface area contributed by atoms with Gasteiger partial charge < -0.3 is 10.1 Å². The van der Waals surface area contributed by atoms with Gasteiger partial charge in [-0.1, -0.05) is 39.7 Å². The highest BCUT2D eigenvalue weighted by Gasteiger charge is 2.09. The lowest BCUT2D eigenvalue weighted by Crippen LogP contribution is -2.10. The largest absolute Gasteiger partial charge is 0.374 e. The number of rotatable bonds is 6. The fourth-order valence-electron chi connectivity index (χ4n) is 1.85. The SMILES string of the molecule is CCOCc1nc(Cl)cc(NC(C)c2ccc(Br)cc2)n1. The van der Waals surface area contributed by atoms with Gasteiger partial charge in [0.15, 0.2) is 5.82 Å². The second-order valence-electron chi connectivity index (χ2n) is 4.55. The van der Waals surface area contributed by atoms with Gasteiger partial charge in [0.2, 0.25) is 0 Å². The summed E-state index contributed by atoms with van der Waals surface area (Å²) in [7, 11) is 0. The summed E-state index contributed by atoms with van der Waals surface area (Å²) in [6, 6.07) is 9.98. The van der Waals surface area contributed by atoms with Crippen LogP contribution in [-0.4, -0.2) is 16.6 Å². The van der Waals surface area contributed by atoms with Crippen molar-refractivity contribution in [3.8, 4) is 0 Å². The molecular weight excluding hydrogens is 354 g/mol. The van der Waals surface area contributed by atoms with E-state index in [1.54, 1.807) is 6.07 Å². The molecule has 6 heteroatoms. The lowest BCUT2D eigenvalue weighted by molar-refractivity contribution is 0.128. The molecule has 0 saturated heterocycles. The fraction of sp³-hybridized carbons (Fsp3) is 0.333. The highest BCUT2D eigenvalue weighted by atomic mass is 79.9. The zero-order valence-electron chi connectivity index (χ0n) is 11.9. The average molecular weight is 371 g/mol. The number of nitrogens with one attached hydrogen (secondary N) is 1. The van der Waals surface area contributed by atoms with Crippen LogP contribution in [0.15, 0.2) is 34.8 Å². The van der Waals surface area contributed by atoms with E-state index >= 15 is 0 Å². The maximum Gasteiger partial charge on any atom is 0.158 e. The lowest BCUT2D eigenvalue weighted by Gasteiger charge is -2.15. The Morgan fingerprint density at radius 2 is 2.00 bits per heavy atom. The van der Waals surface area contributed by atoms with Crippen molar-refractivity contribution < 1.29 is 4.74 Å². The minimum absolute atomic E-state index is 0.115. The van der Waals surface area contributed by atoms with Crippen LogP contribution in [0.25, 0.3) is 0 Å². The topological polar surface area (TPSA) is 47.0 Å². The minimum atomic E-state index is 0.115. The third kappa shape index (κ3) is 4.95. The number of aromatic nitrogens is 2. The molecule has 21 heavy (non-hydrogen) atoms. The van der Waals surface area contributed by atoms with Crippen LogP contribution in [-0.2, 0) is 11.3 Å². The van der Waals surface area contributed by atoms with Gasteiger partial charge in [0, 0.05) is 23.2 Å². The highest BCUT2D eigenvalue weighted by Crippen LogP contribution is 2.21. The summed E-state index contributed by atoms with van der Waals surface area (Å²) in [6.07, 6.45) is 0. The molecular formula is C15H17BrClN3O. The number of hydrogen-bond donors (Lipinski definition) is 1. The molecule has 0 aliphatic rings. The molecule has 1 aromatic heterocycles. The molecule has 1 atom stereocenters. The molecule has 0 amide bonds. The predicted octanol–water partition coefficient (Wildman–Crippen LogP) is 4.60. The molecule has 0 spiro atoms. The van der Waals surface area contributed by atoms with Crippen LogP contribution in [0.5, 0.6) is 0 Å². The van der Waals surface area contributed by atoms with Crippen molar-refractivity contribution in [2.24, 2.45) is 0 Å². The Hall–Kier alpha value is -1.17. The Kier molecular flexibility index (Phi) is 5.96. The van der Waals surface area contributed by atoms with Crippen LogP contribution in [0.3, 0.4) is 0 Å². The Morgan fingerprint density at radius 1 is 1.29 bits per heavy atom.